The third kappa shape index (κ3) is 4.65. The number of sulfonamides is 1. The van der Waals surface area contributed by atoms with Crippen molar-refractivity contribution in [2.45, 2.75) is 25.3 Å². The van der Waals surface area contributed by atoms with Crippen molar-refractivity contribution in [1.82, 2.24) is 33.7 Å². The minimum Gasteiger partial charge on any atom is -0.326 e. The lowest BCUT2D eigenvalue weighted by Gasteiger charge is -2.29. The van der Waals surface area contributed by atoms with Crippen LogP contribution in [0.1, 0.15) is 40.4 Å². The number of nitrogens with one attached hydrogen (secondary N) is 1. The Morgan fingerprint density at radius 3 is 2.69 bits per heavy atom. The Morgan fingerprint density at radius 1 is 1.20 bits per heavy atom. The van der Waals surface area contributed by atoms with Gasteiger partial charge in [0, 0.05) is 50.2 Å². The Bertz CT molecular complexity index is 1470. The van der Waals surface area contributed by atoms with Gasteiger partial charge in [0.25, 0.3) is 5.91 Å². The van der Waals surface area contributed by atoms with E-state index in [1.807, 2.05) is 12.1 Å². The van der Waals surface area contributed by atoms with E-state index < -0.39 is 10.0 Å². The summed E-state index contributed by atoms with van der Waals surface area (Å²) in [5.74, 6) is 0.637. The number of amides is 1. The van der Waals surface area contributed by atoms with Gasteiger partial charge < -0.3 is 11.1 Å². The Kier molecular flexibility index (Phi) is 6.05. The van der Waals surface area contributed by atoms with Crippen LogP contribution in [0.25, 0.3) is 11.5 Å². The third-order valence-corrected chi connectivity index (χ3v) is 7.40. The van der Waals surface area contributed by atoms with Crippen LogP contribution >= 0.6 is 0 Å². The molecule has 1 fully saturated rings. The quantitative estimate of drug-likeness (QED) is 0.404. The van der Waals surface area contributed by atoms with Gasteiger partial charge in [-0.25, -0.2) is 27.2 Å². The van der Waals surface area contributed by atoms with Crippen LogP contribution in [0.5, 0.6) is 0 Å². The Hall–Kier alpha value is -3.68. The summed E-state index contributed by atoms with van der Waals surface area (Å²) < 4.78 is 28.4. The largest absolute Gasteiger partial charge is 0.326 e. The van der Waals surface area contributed by atoms with Crippen LogP contribution in [0, 0.1) is 0 Å². The molecular weight excluding hydrogens is 470 g/mol. The van der Waals surface area contributed by atoms with Crippen molar-refractivity contribution in [2.75, 3.05) is 24.7 Å². The molecule has 5 rings (SSSR count). The molecule has 1 aliphatic heterocycles. The van der Waals surface area contributed by atoms with Gasteiger partial charge in [0.2, 0.25) is 10.0 Å². The molecule has 1 saturated heterocycles. The highest BCUT2D eigenvalue weighted by molar-refractivity contribution is 7.88. The molecule has 0 bridgehead atoms. The summed E-state index contributed by atoms with van der Waals surface area (Å²) in [7, 11) is -3.23. The smallest absolute Gasteiger partial charge is 0.262 e. The van der Waals surface area contributed by atoms with Crippen LogP contribution in [0.2, 0.25) is 0 Å². The van der Waals surface area contributed by atoms with Crippen molar-refractivity contribution in [2.24, 2.45) is 5.73 Å². The maximum atomic E-state index is 13.2. The number of rotatable bonds is 6. The summed E-state index contributed by atoms with van der Waals surface area (Å²) in [6.45, 7) is 1.22. The number of hydrogen-bond acceptors (Lipinski definition) is 8. The lowest BCUT2D eigenvalue weighted by molar-refractivity contribution is 0.102. The Labute approximate surface area is 201 Å². The average molecular weight is 496 g/mol. The summed E-state index contributed by atoms with van der Waals surface area (Å²) >= 11 is 0. The first-order valence-electron chi connectivity index (χ1n) is 11.1. The summed E-state index contributed by atoms with van der Waals surface area (Å²) in [4.78, 5) is 21.9. The third-order valence-electron chi connectivity index (χ3n) is 6.10. The number of pyridine rings is 1. The van der Waals surface area contributed by atoms with Gasteiger partial charge in [0.05, 0.1) is 18.1 Å². The molecular formula is C22H25N9O3S. The minimum absolute atomic E-state index is 0.0480. The van der Waals surface area contributed by atoms with E-state index in [9.17, 15) is 13.2 Å². The van der Waals surface area contributed by atoms with Crippen LogP contribution < -0.4 is 11.1 Å². The van der Waals surface area contributed by atoms with E-state index in [0.29, 0.717) is 55.3 Å². The van der Waals surface area contributed by atoms with E-state index in [0.717, 1.165) is 11.3 Å². The average Bonchev–Trinajstić information content (AvgIpc) is 3.48. The fourth-order valence-electron chi connectivity index (χ4n) is 4.18. The summed E-state index contributed by atoms with van der Waals surface area (Å²) in [5, 5.41) is 11.8. The zero-order valence-corrected chi connectivity index (χ0v) is 19.9. The zero-order chi connectivity index (χ0) is 24.6. The van der Waals surface area contributed by atoms with Gasteiger partial charge in [-0.15, -0.1) is 0 Å². The lowest BCUT2D eigenvalue weighted by Crippen LogP contribution is -2.37. The second-order valence-corrected chi connectivity index (χ2v) is 10.4. The van der Waals surface area contributed by atoms with E-state index >= 15 is 0 Å². The first-order chi connectivity index (χ1) is 16.8. The predicted octanol–water partition coefficient (Wildman–Crippen LogP) is 1.16. The van der Waals surface area contributed by atoms with Gasteiger partial charge in [-0.2, -0.15) is 14.9 Å². The molecule has 182 valence electrons. The summed E-state index contributed by atoms with van der Waals surface area (Å²) in [6, 6.07) is 7.19. The number of fused-ring (bicyclic) bond motifs is 1. The molecule has 35 heavy (non-hydrogen) atoms. The van der Waals surface area contributed by atoms with E-state index in [1.54, 1.807) is 35.4 Å². The van der Waals surface area contributed by atoms with Crippen molar-refractivity contribution >= 4 is 27.4 Å². The molecule has 1 aliphatic rings. The predicted molar refractivity (Wildman–Crippen MR) is 129 cm³/mol. The van der Waals surface area contributed by atoms with Crippen molar-refractivity contribution in [3.05, 3.63) is 65.9 Å². The maximum Gasteiger partial charge on any atom is 0.262 e. The molecule has 0 unspecified atom stereocenters. The van der Waals surface area contributed by atoms with Crippen molar-refractivity contribution in [1.29, 1.82) is 0 Å². The highest BCUT2D eigenvalue weighted by Gasteiger charge is 2.28. The normalized spacial score (nSPS) is 15.5. The summed E-state index contributed by atoms with van der Waals surface area (Å²) in [6.07, 6.45) is 8.94. The van der Waals surface area contributed by atoms with Crippen molar-refractivity contribution < 1.29 is 13.2 Å². The van der Waals surface area contributed by atoms with E-state index in [4.69, 9.17) is 10.8 Å². The second-order valence-electron chi connectivity index (χ2n) is 8.43. The van der Waals surface area contributed by atoms with E-state index in [-0.39, 0.29) is 11.8 Å². The Balaban J connectivity index is 1.46. The molecule has 0 saturated carbocycles. The maximum absolute atomic E-state index is 13.2. The number of nitrogens with two attached hydrogens (primary N) is 1. The van der Waals surface area contributed by atoms with Gasteiger partial charge in [0.15, 0.2) is 11.5 Å². The molecule has 12 nitrogen and oxygen atoms in total. The molecule has 5 heterocycles. The highest BCUT2D eigenvalue weighted by atomic mass is 32.2. The highest BCUT2D eigenvalue weighted by Crippen LogP contribution is 2.31. The molecule has 1 amide bonds. The topological polar surface area (TPSA) is 153 Å². The van der Waals surface area contributed by atoms with E-state index in [2.05, 4.69) is 20.4 Å². The van der Waals surface area contributed by atoms with E-state index in [1.165, 1.54) is 21.3 Å². The molecule has 13 heteroatoms. The molecule has 0 aliphatic carbocycles. The van der Waals surface area contributed by atoms with Gasteiger partial charge in [0.1, 0.15) is 11.4 Å². The molecule has 0 aromatic carbocycles. The first kappa shape index (κ1) is 23.1. The molecule has 4 aromatic rings. The molecule has 0 atom stereocenters. The van der Waals surface area contributed by atoms with Crippen LogP contribution in [0.4, 0.5) is 5.82 Å². The molecule has 0 radical (unpaired) electrons. The van der Waals surface area contributed by atoms with Crippen molar-refractivity contribution in [3.8, 4) is 5.82 Å². The monoisotopic (exact) mass is 495 g/mol. The van der Waals surface area contributed by atoms with Gasteiger partial charge in [-0.3, -0.25) is 4.79 Å². The van der Waals surface area contributed by atoms with Gasteiger partial charge in [-0.1, -0.05) is 6.07 Å². The van der Waals surface area contributed by atoms with Gasteiger partial charge >= 0.3 is 0 Å². The molecule has 0 spiro atoms. The number of piperidine rings is 1. The van der Waals surface area contributed by atoms with Gasteiger partial charge in [-0.05, 0) is 30.5 Å². The minimum atomic E-state index is -3.23. The Morgan fingerprint density at radius 2 is 2.00 bits per heavy atom. The van der Waals surface area contributed by atoms with Crippen LogP contribution in [0.15, 0.2) is 49.1 Å². The molecule has 3 N–H and O–H groups in total. The number of nitrogens with zero attached hydrogens (tertiary/aromatic N) is 7. The fourth-order valence-corrected chi connectivity index (χ4v) is 5.05. The van der Waals surface area contributed by atoms with Crippen molar-refractivity contribution in [3.63, 3.8) is 0 Å². The second kappa shape index (κ2) is 9.17. The number of anilines is 1. The number of carbonyl (C=O) groups excluding carboxylic acids is 1. The molecule has 4 aromatic heterocycles. The lowest BCUT2D eigenvalue weighted by atomic mass is 9.95. The zero-order valence-electron chi connectivity index (χ0n) is 19.1. The van der Waals surface area contributed by atoms with Crippen LogP contribution in [0.3, 0.4) is 0 Å². The first-order valence-corrected chi connectivity index (χ1v) is 13.0. The number of hydrogen-bond donors (Lipinski definition) is 2. The SMILES string of the molecule is CS(=O)(=O)N1CCC(c2cc(NC(=O)c3cnn4cccnc34)n(-c3ccc(CN)cn3)n2)CC1. The number of carbonyl (C=O) groups is 1. The van der Waals surface area contributed by atoms with Crippen LogP contribution in [-0.4, -0.2) is 67.3 Å². The van der Waals surface area contributed by atoms with Crippen LogP contribution in [-0.2, 0) is 16.6 Å². The standard InChI is InChI=1S/C22H25N9O3S/c1-35(33,34)29-9-5-16(6-10-29)18-11-20(31(28-18)19-4-3-15(12-23)13-25-19)27-22(32)17-14-26-30-8-2-7-24-21(17)30/h2-4,7-8,11,13-14,16H,5-6,9-10,12,23H2,1H3,(H,27,32). The summed E-state index contributed by atoms with van der Waals surface area (Å²) in [5.41, 5.74) is 8.10. The number of aromatic nitrogens is 6. The fraction of sp³-hybridized carbons (Fsp3) is 0.318.